The lowest BCUT2D eigenvalue weighted by Crippen LogP contribution is -2.12. The van der Waals surface area contributed by atoms with Gasteiger partial charge in [-0.2, -0.15) is 18.3 Å². The third-order valence-electron chi connectivity index (χ3n) is 3.76. The normalized spacial score (nSPS) is 15.1. The number of hydrogen-bond donors (Lipinski definition) is 0. The molecule has 118 valence electrons. The maximum atomic E-state index is 13.1. The van der Waals surface area contributed by atoms with Crippen LogP contribution in [0.25, 0.3) is 5.69 Å². The first-order chi connectivity index (χ1) is 10.4. The predicted octanol–water partition coefficient (Wildman–Crippen LogP) is 4.30. The van der Waals surface area contributed by atoms with Gasteiger partial charge in [0.2, 0.25) is 5.88 Å². The second-order valence-corrected chi connectivity index (χ2v) is 5.82. The van der Waals surface area contributed by atoms with Crippen LogP contribution in [-0.2, 0) is 6.18 Å². The van der Waals surface area contributed by atoms with Crippen molar-refractivity contribution in [2.75, 3.05) is 6.61 Å². The highest BCUT2D eigenvalue weighted by Gasteiger charge is 2.38. The average molecular weight is 310 g/mol. The van der Waals surface area contributed by atoms with E-state index in [2.05, 4.69) is 5.10 Å². The van der Waals surface area contributed by atoms with Crippen LogP contribution in [0, 0.1) is 19.8 Å². The molecule has 0 atom stereocenters. The third kappa shape index (κ3) is 2.96. The fraction of sp³-hybridized carbons (Fsp3) is 0.438. The van der Waals surface area contributed by atoms with E-state index in [1.54, 1.807) is 6.07 Å². The average Bonchev–Trinajstić information content (AvgIpc) is 3.14. The number of alkyl halides is 3. The fourth-order valence-corrected chi connectivity index (χ4v) is 2.37. The summed E-state index contributed by atoms with van der Waals surface area (Å²) in [6, 6.07) is 5.53. The minimum atomic E-state index is -4.48. The first kappa shape index (κ1) is 14.9. The molecule has 3 nitrogen and oxygen atoms in total. The molecule has 1 saturated carbocycles. The van der Waals surface area contributed by atoms with Gasteiger partial charge in [-0.1, -0.05) is 17.7 Å². The fourth-order valence-electron chi connectivity index (χ4n) is 2.37. The Hall–Kier alpha value is -1.98. The molecule has 1 fully saturated rings. The van der Waals surface area contributed by atoms with Crippen LogP contribution in [0.4, 0.5) is 13.2 Å². The van der Waals surface area contributed by atoms with Crippen molar-refractivity contribution in [3.05, 3.63) is 41.1 Å². The van der Waals surface area contributed by atoms with Gasteiger partial charge in [0.05, 0.1) is 18.5 Å². The largest absolute Gasteiger partial charge is 0.477 e. The van der Waals surface area contributed by atoms with Crippen LogP contribution in [0.1, 0.15) is 29.5 Å². The van der Waals surface area contributed by atoms with E-state index in [1.165, 1.54) is 4.68 Å². The molecule has 1 aliphatic carbocycles. The van der Waals surface area contributed by atoms with E-state index in [0.717, 1.165) is 30.2 Å². The Balaban J connectivity index is 2.03. The SMILES string of the molecule is Cc1ccc(-n2ncc(C(F)(F)F)c2OCC2CC2)c(C)c1. The highest BCUT2D eigenvalue weighted by Crippen LogP contribution is 2.39. The molecule has 0 spiro atoms. The van der Waals surface area contributed by atoms with E-state index in [1.807, 2.05) is 26.0 Å². The van der Waals surface area contributed by atoms with Crippen LogP contribution in [0.5, 0.6) is 5.88 Å². The highest BCUT2D eigenvalue weighted by atomic mass is 19.4. The second kappa shape index (κ2) is 5.34. The lowest BCUT2D eigenvalue weighted by Gasteiger charge is -2.14. The number of aromatic nitrogens is 2. The Morgan fingerprint density at radius 1 is 1.27 bits per heavy atom. The standard InChI is InChI=1S/C16H17F3N2O/c1-10-3-6-14(11(2)7-10)21-15(22-9-12-4-5-12)13(8-20-21)16(17,18)19/h3,6-8,12H,4-5,9H2,1-2H3. The number of ether oxygens (including phenoxy) is 1. The molecular formula is C16H17F3N2O. The van der Waals surface area contributed by atoms with Gasteiger partial charge >= 0.3 is 6.18 Å². The number of aryl methyl sites for hydroxylation is 2. The van der Waals surface area contributed by atoms with Gasteiger partial charge in [-0.15, -0.1) is 0 Å². The van der Waals surface area contributed by atoms with Crippen molar-refractivity contribution in [2.24, 2.45) is 5.92 Å². The van der Waals surface area contributed by atoms with Gasteiger partial charge in [-0.05, 0) is 44.2 Å². The molecule has 22 heavy (non-hydrogen) atoms. The Morgan fingerprint density at radius 3 is 2.59 bits per heavy atom. The summed E-state index contributed by atoms with van der Waals surface area (Å²) in [4.78, 5) is 0. The Bertz CT molecular complexity index is 687. The smallest absolute Gasteiger partial charge is 0.423 e. The van der Waals surface area contributed by atoms with Crippen LogP contribution >= 0.6 is 0 Å². The van der Waals surface area contributed by atoms with Crippen LogP contribution in [-0.4, -0.2) is 16.4 Å². The molecule has 2 aromatic rings. The lowest BCUT2D eigenvalue weighted by molar-refractivity contribution is -0.139. The molecule has 0 N–H and O–H groups in total. The lowest BCUT2D eigenvalue weighted by atomic mass is 10.1. The predicted molar refractivity (Wildman–Crippen MR) is 76.3 cm³/mol. The molecular weight excluding hydrogens is 293 g/mol. The topological polar surface area (TPSA) is 27.1 Å². The van der Waals surface area contributed by atoms with Crippen LogP contribution in [0.15, 0.2) is 24.4 Å². The first-order valence-corrected chi connectivity index (χ1v) is 7.22. The number of halogens is 3. The zero-order chi connectivity index (χ0) is 15.9. The van der Waals surface area contributed by atoms with Gasteiger partial charge in [-0.3, -0.25) is 0 Å². The molecule has 1 aliphatic rings. The number of rotatable bonds is 4. The van der Waals surface area contributed by atoms with Crippen molar-refractivity contribution in [1.29, 1.82) is 0 Å². The van der Waals surface area contributed by atoms with Gasteiger partial charge in [-0.25, -0.2) is 4.68 Å². The van der Waals surface area contributed by atoms with E-state index in [0.29, 0.717) is 18.2 Å². The maximum absolute atomic E-state index is 13.1. The van der Waals surface area contributed by atoms with Crippen molar-refractivity contribution in [1.82, 2.24) is 9.78 Å². The zero-order valence-corrected chi connectivity index (χ0v) is 12.4. The first-order valence-electron chi connectivity index (χ1n) is 7.22. The summed E-state index contributed by atoms with van der Waals surface area (Å²) in [6.07, 6.45) is -1.62. The Kier molecular flexibility index (Phi) is 3.62. The van der Waals surface area contributed by atoms with Crippen molar-refractivity contribution in [2.45, 2.75) is 32.9 Å². The molecule has 3 rings (SSSR count). The molecule has 1 aromatic heterocycles. The summed E-state index contributed by atoms with van der Waals surface area (Å²) in [6.45, 7) is 4.09. The van der Waals surface area contributed by atoms with E-state index in [-0.39, 0.29) is 5.88 Å². The quantitative estimate of drug-likeness (QED) is 0.842. The minimum Gasteiger partial charge on any atom is -0.477 e. The van der Waals surface area contributed by atoms with Crippen molar-refractivity contribution >= 4 is 0 Å². The van der Waals surface area contributed by atoms with Gasteiger partial charge in [0.25, 0.3) is 0 Å². The van der Waals surface area contributed by atoms with Crippen LogP contribution in [0.2, 0.25) is 0 Å². The Labute approximate surface area is 126 Å². The highest BCUT2D eigenvalue weighted by molar-refractivity contribution is 5.46. The second-order valence-electron chi connectivity index (χ2n) is 5.82. The molecule has 6 heteroatoms. The summed E-state index contributed by atoms with van der Waals surface area (Å²) >= 11 is 0. The maximum Gasteiger partial charge on any atom is 0.423 e. The number of hydrogen-bond acceptors (Lipinski definition) is 2. The molecule has 0 bridgehead atoms. The van der Waals surface area contributed by atoms with E-state index >= 15 is 0 Å². The number of benzene rings is 1. The summed E-state index contributed by atoms with van der Waals surface area (Å²) in [5.41, 5.74) is 1.68. The van der Waals surface area contributed by atoms with Gasteiger partial charge in [0, 0.05) is 0 Å². The van der Waals surface area contributed by atoms with Gasteiger partial charge in [0.1, 0.15) is 5.56 Å². The molecule has 0 amide bonds. The van der Waals surface area contributed by atoms with E-state index < -0.39 is 11.7 Å². The molecule has 0 unspecified atom stereocenters. The molecule has 0 aliphatic heterocycles. The van der Waals surface area contributed by atoms with Gasteiger partial charge < -0.3 is 4.74 Å². The molecule has 1 heterocycles. The van der Waals surface area contributed by atoms with Crippen molar-refractivity contribution < 1.29 is 17.9 Å². The third-order valence-corrected chi connectivity index (χ3v) is 3.76. The van der Waals surface area contributed by atoms with E-state index in [9.17, 15) is 13.2 Å². The van der Waals surface area contributed by atoms with Crippen LogP contribution < -0.4 is 4.74 Å². The van der Waals surface area contributed by atoms with Crippen molar-refractivity contribution in [3.63, 3.8) is 0 Å². The molecule has 0 saturated heterocycles. The van der Waals surface area contributed by atoms with Crippen molar-refractivity contribution in [3.8, 4) is 11.6 Å². The van der Waals surface area contributed by atoms with E-state index in [4.69, 9.17) is 4.74 Å². The monoisotopic (exact) mass is 310 g/mol. The Morgan fingerprint density at radius 2 is 2.00 bits per heavy atom. The molecule has 0 radical (unpaired) electrons. The zero-order valence-electron chi connectivity index (χ0n) is 12.4. The summed E-state index contributed by atoms with van der Waals surface area (Å²) < 4.78 is 46.2. The summed E-state index contributed by atoms with van der Waals surface area (Å²) in [5, 5.41) is 3.91. The number of nitrogens with zero attached hydrogens (tertiary/aromatic N) is 2. The molecule has 1 aromatic carbocycles. The minimum absolute atomic E-state index is 0.216. The van der Waals surface area contributed by atoms with Crippen LogP contribution in [0.3, 0.4) is 0 Å². The summed E-state index contributed by atoms with van der Waals surface area (Å²) in [7, 11) is 0. The van der Waals surface area contributed by atoms with Gasteiger partial charge in [0.15, 0.2) is 0 Å². The summed E-state index contributed by atoms with van der Waals surface area (Å²) in [5.74, 6) is 0.148.